The van der Waals surface area contributed by atoms with Gasteiger partial charge in [-0.05, 0) is 53.0 Å². The van der Waals surface area contributed by atoms with Crippen molar-refractivity contribution in [2.24, 2.45) is 0 Å². The SMILES string of the molecule is CC(=O)n1cc(NC(=O)N2CCC(F)C2)c2ccc(-c3cnc(C)nc3)cc21.O=CNc1cccc(Br)n1. The predicted molar refractivity (Wildman–Crippen MR) is 146 cm³/mol. The minimum absolute atomic E-state index is 0.0920. The Kier molecular flexibility index (Phi) is 8.41. The lowest BCUT2D eigenvalue weighted by atomic mass is 10.1. The number of alkyl halides is 1. The third kappa shape index (κ3) is 6.38. The smallest absolute Gasteiger partial charge is 0.322 e. The number of fused-ring (bicyclic) bond motifs is 1. The zero-order valence-electron chi connectivity index (χ0n) is 20.7. The molecule has 12 heteroatoms. The highest BCUT2D eigenvalue weighted by Crippen LogP contribution is 2.31. The first-order chi connectivity index (χ1) is 18.2. The molecule has 1 aromatic carbocycles. The van der Waals surface area contributed by atoms with Crippen molar-refractivity contribution in [1.29, 1.82) is 0 Å². The fraction of sp³-hybridized carbons (Fsp3) is 0.231. The quantitative estimate of drug-likeness (QED) is 0.257. The van der Waals surface area contributed by atoms with Crippen LogP contribution >= 0.6 is 15.9 Å². The Bertz CT molecular complexity index is 1480. The number of likely N-dealkylation sites (tertiary alicyclic amines) is 1. The monoisotopic (exact) mass is 581 g/mol. The normalized spacial score (nSPS) is 14.5. The topological polar surface area (TPSA) is 122 Å². The van der Waals surface area contributed by atoms with E-state index in [4.69, 9.17) is 0 Å². The standard InChI is InChI=1S/C20H20FN5O2.C6H5BrN2O/c1-12-22-8-15(9-23-12)14-3-4-17-18(11-26(13(2)27)19(17)7-14)24-20(28)25-6-5-16(21)10-25;7-5-2-1-3-6(9-5)8-4-10/h3-4,7-9,11,16H,5-6,10H2,1-2H3,(H,24,28);1-4H,(H,8,9,10). The summed E-state index contributed by atoms with van der Waals surface area (Å²) in [7, 11) is 0. The number of carbonyl (C=O) groups is 3. The van der Waals surface area contributed by atoms with Gasteiger partial charge in [-0.25, -0.2) is 24.1 Å². The number of carbonyl (C=O) groups excluding carboxylic acids is 3. The number of benzene rings is 1. The Balaban J connectivity index is 0.000000283. The predicted octanol–water partition coefficient (Wildman–Crippen LogP) is 5.05. The van der Waals surface area contributed by atoms with Gasteiger partial charge in [-0.3, -0.25) is 14.2 Å². The van der Waals surface area contributed by atoms with Crippen LogP contribution in [0.2, 0.25) is 0 Å². The van der Waals surface area contributed by atoms with E-state index in [9.17, 15) is 18.8 Å². The first-order valence-electron chi connectivity index (χ1n) is 11.7. The van der Waals surface area contributed by atoms with Crippen molar-refractivity contribution in [2.75, 3.05) is 23.7 Å². The van der Waals surface area contributed by atoms with E-state index in [2.05, 4.69) is 41.5 Å². The molecule has 4 aromatic rings. The zero-order valence-corrected chi connectivity index (χ0v) is 22.3. The molecule has 1 aliphatic rings. The number of aryl methyl sites for hydroxylation is 1. The van der Waals surface area contributed by atoms with Crippen LogP contribution < -0.4 is 10.6 Å². The second kappa shape index (κ2) is 11.9. The van der Waals surface area contributed by atoms with E-state index in [1.807, 2.05) is 25.1 Å². The molecule has 3 aromatic heterocycles. The number of anilines is 2. The van der Waals surface area contributed by atoms with Gasteiger partial charge in [0.15, 0.2) is 0 Å². The molecule has 0 radical (unpaired) electrons. The van der Waals surface area contributed by atoms with Gasteiger partial charge in [-0.2, -0.15) is 0 Å². The summed E-state index contributed by atoms with van der Waals surface area (Å²) in [6.45, 7) is 3.75. The van der Waals surface area contributed by atoms with Gasteiger partial charge in [0.2, 0.25) is 12.3 Å². The third-order valence-corrected chi connectivity index (χ3v) is 6.28. The van der Waals surface area contributed by atoms with Gasteiger partial charge in [0.25, 0.3) is 0 Å². The number of nitrogens with zero attached hydrogens (tertiary/aromatic N) is 5. The molecular formula is C26H25BrFN7O3. The highest BCUT2D eigenvalue weighted by molar-refractivity contribution is 9.10. The maximum atomic E-state index is 13.4. The highest BCUT2D eigenvalue weighted by atomic mass is 79.9. The molecule has 1 atom stereocenters. The van der Waals surface area contributed by atoms with Crippen LogP contribution in [0.25, 0.3) is 22.0 Å². The Labute approximate surface area is 226 Å². The summed E-state index contributed by atoms with van der Waals surface area (Å²) in [6, 6.07) is 10.5. The second-order valence-corrected chi connectivity index (χ2v) is 9.37. The minimum Gasteiger partial charge on any atom is -0.322 e. The first kappa shape index (κ1) is 26.9. The lowest BCUT2D eigenvalue weighted by Crippen LogP contribution is -2.33. The Morgan fingerprint density at radius 1 is 1.16 bits per heavy atom. The molecule has 1 fully saturated rings. The van der Waals surface area contributed by atoms with Gasteiger partial charge >= 0.3 is 6.03 Å². The van der Waals surface area contributed by atoms with Gasteiger partial charge in [-0.15, -0.1) is 0 Å². The molecular weight excluding hydrogens is 557 g/mol. The average molecular weight is 582 g/mol. The van der Waals surface area contributed by atoms with Crippen molar-refractivity contribution >= 4 is 56.7 Å². The van der Waals surface area contributed by atoms with Gasteiger partial charge in [0, 0.05) is 43.0 Å². The van der Waals surface area contributed by atoms with Gasteiger partial charge in [-0.1, -0.05) is 18.2 Å². The summed E-state index contributed by atoms with van der Waals surface area (Å²) in [5.41, 5.74) is 2.89. The van der Waals surface area contributed by atoms with E-state index in [1.54, 1.807) is 36.8 Å². The number of hydrogen-bond acceptors (Lipinski definition) is 6. The Hall–Kier alpha value is -4.19. The zero-order chi connectivity index (χ0) is 27.2. The van der Waals surface area contributed by atoms with Crippen molar-refractivity contribution in [3.8, 4) is 11.1 Å². The minimum atomic E-state index is -0.983. The molecule has 5 rings (SSSR count). The van der Waals surface area contributed by atoms with E-state index in [-0.39, 0.29) is 18.5 Å². The first-order valence-corrected chi connectivity index (χ1v) is 12.5. The highest BCUT2D eigenvalue weighted by Gasteiger charge is 2.26. The third-order valence-electron chi connectivity index (χ3n) is 5.84. The molecule has 1 unspecified atom stereocenters. The van der Waals surface area contributed by atoms with E-state index < -0.39 is 6.17 Å². The molecule has 38 heavy (non-hydrogen) atoms. The van der Waals surface area contributed by atoms with E-state index in [0.29, 0.717) is 46.8 Å². The fourth-order valence-corrected chi connectivity index (χ4v) is 4.30. The largest absolute Gasteiger partial charge is 0.322 e. The van der Waals surface area contributed by atoms with Crippen LogP contribution in [0.4, 0.5) is 20.7 Å². The fourth-order valence-electron chi connectivity index (χ4n) is 3.95. The summed E-state index contributed by atoms with van der Waals surface area (Å²) >= 11 is 3.17. The van der Waals surface area contributed by atoms with Crippen LogP contribution in [-0.4, -0.2) is 62.0 Å². The van der Waals surface area contributed by atoms with Crippen molar-refractivity contribution in [3.05, 3.63) is 65.4 Å². The molecule has 1 saturated heterocycles. The molecule has 0 saturated carbocycles. The second-order valence-electron chi connectivity index (χ2n) is 8.55. The summed E-state index contributed by atoms with van der Waals surface area (Å²) < 4.78 is 15.6. The maximum absolute atomic E-state index is 13.4. The molecule has 0 aliphatic carbocycles. The number of nitrogens with one attached hydrogen (secondary N) is 2. The molecule has 3 amide bonds. The van der Waals surface area contributed by atoms with Crippen molar-refractivity contribution in [2.45, 2.75) is 26.4 Å². The number of amides is 3. The van der Waals surface area contributed by atoms with E-state index >= 15 is 0 Å². The lowest BCUT2D eigenvalue weighted by molar-refractivity contribution is -0.105. The molecule has 10 nitrogen and oxygen atoms in total. The van der Waals surface area contributed by atoms with E-state index in [1.165, 1.54) is 16.4 Å². The number of rotatable bonds is 4. The van der Waals surface area contributed by atoms with Crippen molar-refractivity contribution in [1.82, 2.24) is 24.4 Å². The number of urea groups is 1. The summed E-state index contributed by atoms with van der Waals surface area (Å²) in [6.07, 6.45) is 5.02. The van der Waals surface area contributed by atoms with Gasteiger partial charge in [0.1, 0.15) is 22.4 Å². The summed E-state index contributed by atoms with van der Waals surface area (Å²) in [5.74, 6) is 1.05. The van der Waals surface area contributed by atoms with Crippen molar-refractivity contribution < 1.29 is 18.8 Å². The molecule has 2 N–H and O–H groups in total. The van der Waals surface area contributed by atoms with Crippen LogP contribution in [0.3, 0.4) is 0 Å². The summed E-state index contributed by atoms with van der Waals surface area (Å²) in [5, 5.41) is 5.97. The van der Waals surface area contributed by atoms with Gasteiger partial charge < -0.3 is 15.5 Å². The van der Waals surface area contributed by atoms with Crippen LogP contribution in [0.5, 0.6) is 0 Å². The number of pyridine rings is 1. The number of halogens is 2. The maximum Gasteiger partial charge on any atom is 0.322 e. The van der Waals surface area contributed by atoms with Crippen LogP contribution in [0, 0.1) is 6.92 Å². The molecule has 4 heterocycles. The number of aromatic nitrogens is 4. The van der Waals surface area contributed by atoms with Crippen LogP contribution in [0.15, 0.2) is 59.6 Å². The Morgan fingerprint density at radius 2 is 1.92 bits per heavy atom. The number of hydrogen-bond donors (Lipinski definition) is 2. The van der Waals surface area contributed by atoms with Crippen molar-refractivity contribution in [3.63, 3.8) is 0 Å². The van der Waals surface area contributed by atoms with Crippen LogP contribution in [0.1, 0.15) is 24.0 Å². The summed E-state index contributed by atoms with van der Waals surface area (Å²) in [4.78, 5) is 48.3. The van der Waals surface area contributed by atoms with E-state index in [0.717, 1.165) is 16.5 Å². The average Bonchev–Trinajstić information content (AvgIpc) is 3.49. The Morgan fingerprint density at radius 3 is 2.55 bits per heavy atom. The molecule has 1 aliphatic heterocycles. The molecule has 196 valence electrons. The van der Waals surface area contributed by atoms with Gasteiger partial charge in [0.05, 0.1) is 17.7 Å². The lowest BCUT2D eigenvalue weighted by Gasteiger charge is -2.15. The molecule has 0 bridgehead atoms. The molecule has 0 spiro atoms. The van der Waals surface area contributed by atoms with Crippen LogP contribution in [-0.2, 0) is 4.79 Å².